The molecule has 0 bridgehead atoms. The van der Waals surface area contributed by atoms with Crippen LogP contribution in [0, 0.1) is 5.82 Å². The van der Waals surface area contributed by atoms with E-state index in [9.17, 15) is 12.8 Å². The Morgan fingerprint density at radius 3 is 2.71 bits per heavy atom. The highest BCUT2D eigenvalue weighted by Gasteiger charge is 2.28. The smallest absolute Gasteiger partial charge is 0.245 e. The van der Waals surface area contributed by atoms with Gasteiger partial charge in [0.15, 0.2) is 0 Å². The SMILES string of the molecule is Nc1ccc(F)cc1S(=O)(=O)N1CCCN(CCO)CC1. The monoisotopic (exact) mass is 317 g/mol. The molecule has 0 aromatic heterocycles. The van der Waals surface area contributed by atoms with Crippen LogP contribution in [0.15, 0.2) is 23.1 Å². The fourth-order valence-corrected chi connectivity index (χ4v) is 4.02. The topological polar surface area (TPSA) is 86.9 Å². The Labute approximate surface area is 124 Å². The zero-order chi connectivity index (χ0) is 15.5. The zero-order valence-corrected chi connectivity index (χ0v) is 12.5. The quantitative estimate of drug-likeness (QED) is 0.769. The highest BCUT2D eigenvalue weighted by Crippen LogP contribution is 2.24. The first-order chi connectivity index (χ1) is 9.95. The second kappa shape index (κ2) is 6.69. The van der Waals surface area contributed by atoms with Gasteiger partial charge >= 0.3 is 0 Å². The number of nitrogen functional groups attached to an aromatic ring is 1. The molecule has 1 aliphatic heterocycles. The maximum absolute atomic E-state index is 13.3. The Kier molecular flexibility index (Phi) is 5.15. The molecular weight excluding hydrogens is 297 g/mol. The van der Waals surface area contributed by atoms with Crippen LogP contribution in [-0.2, 0) is 10.0 Å². The Balaban J connectivity index is 2.21. The van der Waals surface area contributed by atoms with Crippen molar-refractivity contribution in [1.29, 1.82) is 0 Å². The Morgan fingerprint density at radius 2 is 2.00 bits per heavy atom. The summed E-state index contributed by atoms with van der Waals surface area (Å²) in [6, 6.07) is 3.36. The van der Waals surface area contributed by atoms with E-state index in [1.807, 2.05) is 4.90 Å². The first-order valence-electron chi connectivity index (χ1n) is 6.83. The number of halogens is 1. The number of rotatable bonds is 4. The van der Waals surface area contributed by atoms with Crippen LogP contribution in [0.5, 0.6) is 0 Å². The van der Waals surface area contributed by atoms with Crippen molar-refractivity contribution < 1.29 is 17.9 Å². The van der Waals surface area contributed by atoms with E-state index in [1.165, 1.54) is 10.4 Å². The third-order valence-corrected chi connectivity index (χ3v) is 5.51. The van der Waals surface area contributed by atoms with Gasteiger partial charge in [0.25, 0.3) is 0 Å². The Hall–Kier alpha value is -1.22. The summed E-state index contributed by atoms with van der Waals surface area (Å²) in [6.45, 7) is 2.50. The van der Waals surface area contributed by atoms with Gasteiger partial charge in [0.05, 0.1) is 12.3 Å². The van der Waals surface area contributed by atoms with E-state index in [-0.39, 0.29) is 17.2 Å². The van der Waals surface area contributed by atoms with Crippen LogP contribution in [0.3, 0.4) is 0 Å². The Morgan fingerprint density at radius 1 is 1.24 bits per heavy atom. The third kappa shape index (κ3) is 3.70. The lowest BCUT2D eigenvalue weighted by molar-refractivity contribution is 0.202. The molecule has 1 fully saturated rings. The summed E-state index contributed by atoms with van der Waals surface area (Å²) in [7, 11) is -3.80. The van der Waals surface area contributed by atoms with Gasteiger partial charge in [0.2, 0.25) is 10.0 Å². The van der Waals surface area contributed by atoms with E-state index < -0.39 is 15.8 Å². The van der Waals surface area contributed by atoms with E-state index in [0.29, 0.717) is 32.6 Å². The lowest BCUT2D eigenvalue weighted by atomic mass is 10.3. The molecule has 118 valence electrons. The van der Waals surface area contributed by atoms with Gasteiger partial charge in [-0.3, -0.25) is 4.90 Å². The van der Waals surface area contributed by atoms with Gasteiger partial charge < -0.3 is 10.8 Å². The highest BCUT2D eigenvalue weighted by atomic mass is 32.2. The number of aliphatic hydroxyl groups excluding tert-OH is 1. The molecule has 0 aliphatic carbocycles. The molecule has 1 aliphatic rings. The van der Waals surface area contributed by atoms with Gasteiger partial charge in [-0.2, -0.15) is 4.31 Å². The number of aliphatic hydroxyl groups is 1. The van der Waals surface area contributed by atoms with E-state index in [2.05, 4.69) is 0 Å². The molecule has 1 aromatic rings. The summed E-state index contributed by atoms with van der Waals surface area (Å²) in [6.07, 6.45) is 0.661. The summed E-state index contributed by atoms with van der Waals surface area (Å²) in [5.74, 6) is -0.625. The van der Waals surface area contributed by atoms with E-state index >= 15 is 0 Å². The van der Waals surface area contributed by atoms with Crippen LogP contribution in [0.2, 0.25) is 0 Å². The maximum atomic E-state index is 13.3. The molecule has 0 radical (unpaired) electrons. The van der Waals surface area contributed by atoms with Crippen molar-refractivity contribution in [2.24, 2.45) is 0 Å². The molecule has 2 rings (SSSR count). The fourth-order valence-electron chi connectivity index (χ4n) is 2.42. The van der Waals surface area contributed by atoms with Crippen LogP contribution in [0.4, 0.5) is 10.1 Å². The van der Waals surface area contributed by atoms with Gasteiger partial charge in [0, 0.05) is 26.2 Å². The molecule has 0 spiro atoms. The molecule has 0 amide bonds. The summed E-state index contributed by atoms with van der Waals surface area (Å²) in [5, 5.41) is 8.95. The first-order valence-corrected chi connectivity index (χ1v) is 8.27. The van der Waals surface area contributed by atoms with Gasteiger partial charge in [-0.15, -0.1) is 0 Å². The van der Waals surface area contributed by atoms with Crippen molar-refractivity contribution >= 4 is 15.7 Å². The van der Waals surface area contributed by atoms with E-state index in [4.69, 9.17) is 10.8 Å². The molecule has 8 heteroatoms. The van der Waals surface area contributed by atoms with Gasteiger partial charge in [-0.25, -0.2) is 12.8 Å². The van der Waals surface area contributed by atoms with Crippen LogP contribution in [-0.4, -0.2) is 62.1 Å². The average Bonchev–Trinajstić information content (AvgIpc) is 2.68. The number of hydrogen-bond donors (Lipinski definition) is 2. The molecule has 0 atom stereocenters. The average molecular weight is 317 g/mol. The highest BCUT2D eigenvalue weighted by molar-refractivity contribution is 7.89. The summed E-state index contributed by atoms with van der Waals surface area (Å²) >= 11 is 0. The first kappa shape index (κ1) is 16.2. The third-order valence-electron chi connectivity index (χ3n) is 3.56. The molecule has 1 heterocycles. The lowest BCUT2D eigenvalue weighted by Gasteiger charge is -2.21. The number of hydrogen-bond acceptors (Lipinski definition) is 5. The molecule has 21 heavy (non-hydrogen) atoms. The van der Waals surface area contributed by atoms with Crippen LogP contribution < -0.4 is 5.73 Å². The second-order valence-corrected chi connectivity index (χ2v) is 6.91. The summed E-state index contributed by atoms with van der Waals surface area (Å²) in [5.41, 5.74) is 5.73. The van der Waals surface area contributed by atoms with Crippen LogP contribution in [0.1, 0.15) is 6.42 Å². The van der Waals surface area contributed by atoms with Gasteiger partial charge in [-0.1, -0.05) is 0 Å². The molecule has 1 saturated heterocycles. The predicted molar refractivity (Wildman–Crippen MR) is 77.7 cm³/mol. The summed E-state index contributed by atoms with van der Waals surface area (Å²) < 4.78 is 39.8. The minimum absolute atomic E-state index is 0.0452. The van der Waals surface area contributed by atoms with Gasteiger partial charge in [0.1, 0.15) is 10.7 Å². The molecule has 0 saturated carbocycles. The number of nitrogens with zero attached hydrogens (tertiary/aromatic N) is 2. The van der Waals surface area contributed by atoms with Crippen molar-refractivity contribution in [2.75, 3.05) is 45.1 Å². The molecular formula is C13H20FN3O3S. The predicted octanol–water partition coefficient (Wildman–Crippen LogP) is 0.0966. The van der Waals surface area contributed by atoms with Crippen molar-refractivity contribution in [2.45, 2.75) is 11.3 Å². The second-order valence-electron chi connectivity index (χ2n) is 5.01. The minimum Gasteiger partial charge on any atom is -0.398 e. The van der Waals surface area contributed by atoms with Crippen LogP contribution >= 0.6 is 0 Å². The van der Waals surface area contributed by atoms with Crippen molar-refractivity contribution in [3.8, 4) is 0 Å². The number of β-amino-alcohol motifs (C(OH)–C–C–N with tert-alkyl or cyclic N) is 1. The normalized spacial score (nSPS) is 18.6. The fraction of sp³-hybridized carbons (Fsp3) is 0.538. The number of benzene rings is 1. The molecule has 3 N–H and O–H groups in total. The number of nitrogens with two attached hydrogens (primary N) is 1. The Bertz CT molecular complexity index is 594. The largest absolute Gasteiger partial charge is 0.398 e. The van der Waals surface area contributed by atoms with Crippen molar-refractivity contribution in [3.05, 3.63) is 24.0 Å². The molecule has 6 nitrogen and oxygen atoms in total. The molecule has 0 unspecified atom stereocenters. The van der Waals surface area contributed by atoms with Gasteiger partial charge in [-0.05, 0) is 31.2 Å². The summed E-state index contributed by atoms with van der Waals surface area (Å²) in [4.78, 5) is 1.82. The van der Waals surface area contributed by atoms with Crippen molar-refractivity contribution in [1.82, 2.24) is 9.21 Å². The van der Waals surface area contributed by atoms with E-state index in [1.54, 1.807) is 0 Å². The lowest BCUT2D eigenvalue weighted by Crippen LogP contribution is -2.36. The standard InChI is InChI=1S/C13H20FN3O3S/c14-11-2-3-12(15)13(10-11)21(19,20)17-5-1-4-16(6-7-17)8-9-18/h2-3,10,18H,1,4-9,15H2. The zero-order valence-electron chi connectivity index (χ0n) is 11.7. The number of sulfonamides is 1. The van der Waals surface area contributed by atoms with Crippen LogP contribution in [0.25, 0.3) is 0 Å². The number of anilines is 1. The van der Waals surface area contributed by atoms with Crippen molar-refractivity contribution in [3.63, 3.8) is 0 Å². The maximum Gasteiger partial charge on any atom is 0.245 e. The van der Waals surface area contributed by atoms with E-state index in [0.717, 1.165) is 18.7 Å². The minimum atomic E-state index is -3.80. The molecule has 1 aromatic carbocycles.